The van der Waals surface area contributed by atoms with Crippen LogP contribution < -0.4 is 4.90 Å². The number of aromatic nitrogens is 2. The first kappa shape index (κ1) is 16.2. The van der Waals surface area contributed by atoms with Gasteiger partial charge < -0.3 is 9.88 Å². The molecule has 1 aromatic heterocycles. The number of rotatable bonds is 3. The number of piperidine rings is 1. The van der Waals surface area contributed by atoms with Crippen LogP contribution in [0, 0.1) is 11.6 Å². The lowest BCUT2D eigenvalue weighted by molar-refractivity contribution is -0.122. The third-order valence-electron chi connectivity index (χ3n) is 5.18. The van der Waals surface area contributed by atoms with E-state index in [0.29, 0.717) is 13.0 Å². The number of likely N-dealkylation sites (tertiary alicyclic amines) is 1. The molecular weight excluding hydrogens is 326 g/mol. The van der Waals surface area contributed by atoms with E-state index in [2.05, 4.69) is 14.9 Å². The van der Waals surface area contributed by atoms with E-state index in [0.717, 1.165) is 31.8 Å². The van der Waals surface area contributed by atoms with Crippen LogP contribution in [0.4, 0.5) is 14.5 Å². The number of benzene rings is 1. The molecule has 0 unspecified atom stereocenters. The lowest BCUT2D eigenvalue weighted by atomic mass is 9.95. The zero-order valence-corrected chi connectivity index (χ0v) is 13.8. The average molecular weight is 346 g/mol. The molecule has 2 aromatic rings. The number of carbonyl (C=O) groups excluding carboxylic acids is 1. The highest BCUT2D eigenvalue weighted by Gasteiger charge is 2.40. The maximum atomic E-state index is 14.0. The van der Waals surface area contributed by atoms with E-state index >= 15 is 0 Å². The van der Waals surface area contributed by atoms with Crippen LogP contribution in [-0.2, 0) is 4.79 Å². The Morgan fingerprint density at radius 1 is 1.16 bits per heavy atom. The van der Waals surface area contributed by atoms with Gasteiger partial charge in [0.05, 0.1) is 6.04 Å². The average Bonchev–Trinajstić information content (AvgIpc) is 3.26. The van der Waals surface area contributed by atoms with Crippen LogP contribution in [0.1, 0.15) is 31.0 Å². The van der Waals surface area contributed by atoms with Crippen molar-refractivity contribution in [2.45, 2.75) is 31.2 Å². The van der Waals surface area contributed by atoms with Crippen molar-refractivity contribution in [1.82, 2.24) is 14.9 Å². The highest BCUT2D eigenvalue weighted by atomic mass is 19.1. The SMILES string of the molecule is O=C1[C@@H](N2CCC[C@@H](c3ncc[nH]3)C2)CCN1c1c(F)cccc1F. The number of amides is 1. The Morgan fingerprint density at radius 3 is 2.68 bits per heavy atom. The normalized spacial score (nSPS) is 24.9. The summed E-state index contributed by atoms with van der Waals surface area (Å²) in [6.45, 7) is 1.89. The lowest BCUT2D eigenvalue weighted by Gasteiger charge is -2.35. The number of anilines is 1. The van der Waals surface area contributed by atoms with Gasteiger partial charge in [0.2, 0.25) is 5.91 Å². The topological polar surface area (TPSA) is 52.2 Å². The predicted molar refractivity (Wildman–Crippen MR) is 89.3 cm³/mol. The van der Waals surface area contributed by atoms with Crippen molar-refractivity contribution in [2.75, 3.05) is 24.5 Å². The molecule has 2 saturated heterocycles. The molecule has 1 N–H and O–H groups in total. The zero-order chi connectivity index (χ0) is 17.4. The first-order chi connectivity index (χ1) is 12.1. The highest BCUT2D eigenvalue weighted by molar-refractivity contribution is 5.99. The molecule has 3 heterocycles. The Kier molecular flexibility index (Phi) is 4.25. The summed E-state index contributed by atoms with van der Waals surface area (Å²) < 4.78 is 28.1. The van der Waals surface area contributed by atoms with E-state index in [9.17, 15) is 13.6 Å². The Bertz CT molecular complexity index is 744. The summed E-state index contributed by atoms with van der Waals surface area (Å²) in [5, 5.41) is 0. The summed E-state index contributed by atoms with van der Waals surface area (Å²) in [6, 6.07) is 3.36. The smallest absolute Gasteiger partial charge is 0.244 e. The Morgan fingerprint density at radius 2 is 1.96 bits per heavy atom. The fourth-order valence-corrected chi connectivity index (χ4v) is 3.99. The molecule has 5 nitrogen and oxygen atoms in total. The maximum Gasteiger partial charge on any atom is 0.244 e. The standard InChI is InChI=1S/C18H20F2N4O/c19-13-4-1-5-14(20)16(13)24-10-6-15(18(24)25)23-9-2-3-12(11-23)17-21-7-8-22-17/h1,4-5,7-8,12,15H,2-3,6,9-11H2,(H,21,22)/t12-,15+/m1/s1. The predicted octanol–water partition coefficient (Wildman–Crippen LogP) is 2.67. The van der Waals surface area contributed by atoms with Crippen molar-refractivity contribution in [2.24, 2.45) is 0 Å². The third kappa shape index (κ3) is 2.93. The second-order valence-electron chi connectivity index (χ2n) is 6.67. The van der Waals surface area contributed by atoms with Gasteiger partial charge in [-0.15, -0.1) is 0 Å². The molecule has 7 heteroatoms. The van der Waals surface area contributed by atoms with Crippen molar-refractivity contribution in [3.05, 3.63) is 48.1 Å². The number of carbonyl (C=O) groups is 1. The van der Waals surface area contributed by atoms with Gasteiger partial charge in [-0.1, -0.05) is 6.07 Å². The molecular formula is C18H20F2N4O. The van der Waals surface area contributed by atoms with Gasteiger partial charge >= 0.3 is 0 Å². The lowest BCUT2D eigenvalue weighted by Crippen LogP contribution is -2.46. The van der Waals surface area contributed by atoms with Crippen LogP contribution in [0.5, 0.6) is 0 Å². The minimum atomic E-state index is -0.693. The molecule has 2 fully saturated rings. The molecule has 0 bridgehead atoms. The number of halogens is 2. The second-order valence-corrected chi connectivity index (χ2v) is 6.67. The Balaban J connectivity index is 1.52. The summed E-state index contributed by atoms with van der Waals surface area (Å²) in [5.41, 5.74) is -0.227. The van der Waals surface area contributed by atoms with E-state index in [-0.39, 0.29) is 23.6 Å². The number of nitrogens with zero attached hydrogens (tertiary/aromatic N) is 3. The van der Waals surface area contributed by atoms with Crippen LogP contribution in [0.15, 0.2) is 30.6 Å². The monoisotopic (exact) mass is 346 g/mol. The van der Waals surface area contributed by atoms with Crippen LogP contribution >= 0.6 is 0 Å². The summed E-state index contributed by atoms with van der Waals surface area (Å²) >= 11 is 0. The fourth-order valence-electron chi connectivity index (χ4n) is 3.99. The van der Waals surface area contributed by atoms with Gasteiger partial charge in [0.25, 0.3) is 0 Å². The van der Waals surface area contributed by atoms with Crippen molar-refractivity contribution in [3.8, 4) is 0 Å². The highest BCUT2D eigenvalue weighted by Crippen LogP contribution is 2.32. The van der Waals surface area contributed by atoms with E-state index in [4.69, 9.17) is 0 Å². The fraction of sp³-hybridized carbons (Fsp3) is 0.444. The summed E-state index contributed by atoms with van der Waals surface area (Å²) in [5.74, 6) is -0.408. The number of para-hydroxylation sites is 1. The molecule has 2 atom stereocenters. The van der Waals surface area contributed by atoms with Crippen molar-refractivity contribution >= 4 is 11.6 Å². The number of aromatic amines is 1. The number of imidazole rings is 1. The Labute approximate surface area is 144 Å². The van der Waals surface area contributed by atoms with E-state index in [1.165, 1.54) is 23.1 Å². The van der Waals surface area contributed by atoms with Crippen molar-refractivity contribution < 1.29 is 13.6 Å². The molecule has 132 valence electrons. The molecule has 0 saturated carbocycles. The first-order valence-electron chi connectivity index (χ1n) is 8.64. The van der Waals surface area contributed by atoms with Gasteiger partial charge in [-0.2, -0.15) is 0 Å². The van der Waals surface area contributed by atoms with Gasteiger partial charge in [0, 0.05) is 31.4 Å². The van der Waals surface area contributed by atoms with Crippen LogP contribution in [0.25, 0.3) is 0 Å². The van der Waals surface area contributed by atoms with Crippen molar-refractivity contribution in [1.29, 1.82) is 0 Å². The molecule has 25 heavy (non-hydrogen) atoms. The quantitative estimate of drug-likeness (QED) is 0.930. The van der Waals surface area contributed by atoms with Gasteiger partial charge in [-0.25, -0.2) is 13.8 Å². The van der Waals surface area contributed by atoms with E-state index < -0.39 is 11.6 Å². The number of hydrogen-bond acceptors (Lipinski definition) is 3. The largest absolute Gasteiger partial charge is 0.348 e. The molecule has 1 amide bonds. The minimum Gasteiger partial charge on any atom is -0.348 e. The minimum absolute atomic E-state index is 0.218. The summed E-state index contributed by atoms with van der Waals surface area (Å²) in [6.07, 6.45) is 6.12. The molecule has 0 aliphatic carbocycles. The van der Waals surface area contributed by atoms with Crippen LogP contribution in [0.2, 0.25) is 0 Å². The molecule has 2 aliphatic heterocycles. The van der Waals surface area contributed by atoms with E-state index in [1.54, 1.807) is 12.4 Å². The summed E-state index contributed by atoms with van der Waals surface area (Å²) in [4.78, 5) is 23.7. The number of hydrogen-bond donors (Lipinski definition) is 1. The molecule has 1 aromatic carbocycles. The molecule has 0 radical (unpaired) electrons. The van der Waals surface area contributed by atoms with Gasteiger partial charge in [-0.05, 0) is 37.9 Å². The van der Waals surface area contributed by atoms with Gasteiger partial charge in [-0.3, -0.25) is 9.69 Å². The second kappa shape index (κ2) is 6.55. The zero-order valence-electron chi connectivity index (χ0n) is 13.8. The van der Waals surface area contributed by atoms with Gasteiger partial charge in [0.15, 0.2) is 0 Å². The Hall–Kier alpha value is -2.28. The molecule has 0 spiro atoms. The number of nitrogens with one attached hydrogen (secondary N) is 1. The van der Waals surface area contributed by atoms with Crippen LogP contribution in [0.3, 0.4) is 0 Å². The van der Waals surface area contributed by atoms with Crippen LogP contribution in [-0.4, -0.2) is 46.5 Å². The molecule has 4 rings (SSSR count). The van der Waals surface area contributed by atoms with E-state index in [1.807, 2.05) is 0 Å². The first-order valence-corrected chi connectivity index (χ1v) is 8.64. The summed E-state index contributed by atoms with van der Waals surface area (Å²) in [7, 11) is 0. The third-order valence-corrected chi connectivity index (χ3v) is 5.18. The number of H-pyrrole nitrogens is 1. The van der Waals surface area contributed by atoms with Crippen molar-refractivity contribution in [3.63, 3.8) is 0 Å². The molecule has 2 aliphatic rings. The maximum absolute atomic E-state index is 14.0. The van der Waals surface area contributed by atoms with Gasteiger partial charge in [0.1, 0.15) is 23.1 Å².